The van der Waals surface area contributed by atoms with Gasteiger partial charge in [0, 0.05) is 0 Å². The molecule has 3 fully saturated rings. The monoisotopic (exact) mass is 224 g/mol. The predicted octanol–water partition coefficient (Wildman–Crippen LogP) is 5.67. The summed E-state index contributed by atoms with van der Waals surface area (Å²) < 4.78 is 0. The minimum absolute atomic E-state index is 0.747. The third-order valence-corrected chi connectivity index (χ3v) is 5.81. The molecule has 3 aliphatic carbocycles. The summed E-state index contributed by atoms with van der Waals surface area (Å²) in [5, 5.41) is 0. The Morgan fingerprint density at radius 3 is 0.875 bits per heavy atom. The highest BCUT2D eigenvalue weighted by molar-refractivity contribution is 5.01. The lowest BCUT2D eigenvalue weighted by Gasteiger charge is -2.57. The van der Waals surface area contributed by atoms with Crippen molar-refractivity contribution in [3.63, 3.8) is 0 Å². The van der Waals surface area contributed by atoms with Gasteiger partial charge in [0.1, 0.15) is 0 Å². The first-order valence-corrected chi connectivity index (χ1v) is 7.51. The Morgan fingerprint density at radius 1 is 0.562 bits per heavy atom. The molecule has 0 unspecified atom stereocenters. The van der Waals surface area contributed by atoms with Crippen LogP contribution in [0, 0.1) is 22.7 Å². The molecule has 0 nitrogen and oxygen atoms in total. The minimum Gasteiger partial charge on any atom is -0.0683 e. The Morgan fingerprint density at radius 2 is 0.750 bits per heavy atom. The molecule has 0 aliphatic heterocycles. The van der Waals surface area contributed by atoms with Crippen LogP contribution in [-0.2, 0) is 0 Å². The average molecular weight is 224 g/mol. The van der Waals surface area contributed by atoms with E-state index in [1.807, 2.05) is 13.8 Å². The maximum atomic E-state index is 2.44. The van der Waals surface area contributed by atoms with E-state index in [4.69, 9.17) is 0 Å². The first kappa shape index (κ1) is 14.1. The van der Waals surface area contributed by atoms with Crippen LogP contribution < -0.4 is 0 Å². The zero-order valence-corrected chi connectivity index (χ0v) is 12.4. The highest BCUT2D eigenvalue weighted by atomic mass is 14.6. The summed E-state index contributed by atoms with van der Waals surface area (Å²) in [4.78, 5) is 0. The van der Waals surface area contributed by atoms with Crippen LogP contribution in [0.25, 0.3) is 0 Å². The van der Waals surface area contributed by atoms with Crippen molar-refractivity contribution in [2.45, 2.75) is 80.1 Å². The molecule has 16 heavy (non-hydrogen) atoms. The summed E-state index contributed by atoms with van der Waals surface area (Å²) in [7, 11) is 0. The summed E-state index contributed by atoms with van der Waals surface area (Å²) in [6, 6.07) is 0. The van der Waals surface area contributed by atoms with Gasteiger partial charge in [0.15, 0.2) is 0 Å². The fourth-order valence-electron chi connectivity index (χ4n) is 3.98. The first-order valence-electron chi connectivity index (χ1n) is 7.51. The van der Waals surface area contributed by atoms with E-state index in [2.05, 4.69) is 27.7 Å². The van der Waals surface area contributed by atoms with Crippen molar-refractivity contribution in [3.8, 4) is 0 Å². The molecule has 0 spiro atoms. The third kappa shape index (κ3) is 2.17. The Labute approximate surface area is 103 Å². The van der Waals surface area contributed by atoms with Gasteiger partial charge in [-0.2, -0.15) is 0 Å². The van der Waals surface area contributed by atoms with Gasteiger partial charge in [-0.15, -0.1) is 0 Å². The Hall–Kier alpha value is 0. The molecule has 0 heterocycles. The van der Waals surface area contributed by atoms with E-state index in [0.717, 1.165) is 22.7 Å². The molecular formula is C16H32. The number of fused-ring (bicyclic) bond motifs is 3. The van der Waals surface area contributed by atoms with Crippen LogP contribution in [0.3, 0.4) is 0 Å². The van der Waals surface area contributed by atoms with Crippen LogP contribution in [0.2, 0.25) is 0 Å². The first-order chi connectivity index (χ1) is 7.51. The normalized spacial score (nSPS) is 37.5. The van der Waals surface area contributed by atoms with Gasteiger partial charge in [0.25, 0.3) is 0 Å². The van der Waals surface area contributed by atoms with E-state index in [-0.39, 0.29) is 0 Å². The summed E-state index contributed by atoms with van der Waals surface area (Å²) in [6.45, 7) is 13.8. The second-order valence-corrected chi connectivity index (χ2v) is 6.53. The van der Waals surface area contributed by atoms with E-state index >= 15 is 0 Å². The van der Waals surface area contributed by atoms with Gasteiger partial charge in [-0.05, 0) is 61.2 Å². The molecule has 96 valence electrons. The standard InChI is InChI=1S/C14H26.C2H6/c1-11(2)13-5-8-14(9-6-13,10-7-13)12(3)4;1-2/h11-12H,5-10H2,1-4H3;1-2H3. The molecule has 3 saturated carbocycles. The van der Waals surface area contributed by atoms with Crippen molar-refractivity contribution in [2.24, 2.45) is 22.7 Å². The van der Waals surface area contributed by atoms with Gasteiger partial charge in [-0.1, -0.05) is 41.5 Å². The fourth-order valence-corrected chi connectivity index (χ4v) is 3.98. The third-order valence-electron chi connectivity index (χ3n) is 5.81. The Bertz CT molecular complexity index is 164. The average Bonchev–Trinajstić information content (AvgIpc) is 2.33. The number of hydrogen-bond donors (Lipinski definition) is 0. The van der Waals surface area contributed by atoms with E-state index in [1.165, 1.54) is 38.5 Å². The maximum Gasteiger partial charge on any atom is -0.0274 e. The van der Waals surface area contributed by atoms with Gasteiger partial charge in [0.2, 0.25) is 0 Å². The zero-order chi connectivity index (χ0) is 12.4. The van der Waals surface area contributed by atoms with Crippen molar-refractivity contribution < 1.29 is 0 Å². The zero-order valence-electron chi connectivity index (χ0n) is 12.4. The van der Waals surface area contributed by atoms with Crippen LogP contribution in [0.1, 0.15) is 80.1 Å². The van der Waals surface area contributed by atoms with E-state index in [1.54, 1.807) is 0 Å². The maximum absolute atomic E-state index is 2.44. The second kappa shape index (κ2) is 5.10. The van der Waals surface area contributed by atoms with Crippen molar-refractivity contribution in [1.29, 1.82) is 0 Å². The van der Waals surface area contributed by atoms with Crippen molar-refractivity contribution in [2.75, 3.05) is 0 Å². The molecule has 0 N–H and O–H groups in total. The minimum atomic E-state index is 0.747. The smallest absolute Gasteiger partial charge is 0.0274 e. The summed E-state index contributed by atoms with van der Waals surface area (Å²) in [5.74, 6) is 1.82. The predicted molar refractivity (Wildman–Crippen MR) is 73.6 cm³/mol. The lowest BCUT2D eigenvalue weighted by molar-refractivity contribution is -0.0623. The fraction of sp³-hybridized carbons (Fsp3) is 1.00. The van der Waals surface area contributed by atoms with Gasteiger partial charge >= 0.3 is 0 Å². The summed E-state index contributed by atoms with van der Waals surface area (Å²) in [5.41, 5.74) is 1.49. The molecule has 0 aromatic rings. The van der Waals surface area contributed by atoms with Crippen LogP contribution >= 0.6 is 0 Å². The molecular weight excluding hydrogens is 192 g/mol. The molecule has 0 aromatic heterocycles. The molecule has 0 aromatic carbocycles. The molecule has 0 radical (unpaired) electrons. The molecule has 3 rings (SSSR count). The van der Waals surface area contributed by atoms with Crippen molar-refractivity contribution >= 4 is 0 Å². The highest BCUT2D eigenvalue weighted by Crippen LogP contribution is 2.62. The SMILES string of the molecule is CC.CC(C)C12CCC(C(C)C)(CC1)CC2. The van der Waals surface area contributed by atoms with Crippen LogP contribution in [0.15, 0.2) is 0 Å². The Balaban J connectivity index is 0.000000606. The van der Waals surface area contributed by atoms with Gasteiger partial charge in [-0.3, -0.25) is 0 Å². The largest absolute Gasteiger partial charge is 0.0683 e. The van der Waals surface area contributed by atoms with Crippen LogP contribution in [-0.4, -0.2) is 0 Å². The van der Waals surface area contributed by atoms with Gasteiger partial charge < -0.3 is 0 Å². The molecule has 0 atom stereocenters. The van der Waals surface area contributed by atoms with Gasteiger partial charge in [0.05, 0.1) is 0 Å². The molecule has 2 bridgehead atoms. The van der Waals surface area contributed by atoms with E-state index in [0.29, 0.717) is 0 Å². The number of rotatable bonds is 2. The quantitative estimate of drug-likeness (QED) is 0.567. The lowest BCUT2D eigenvalue weighted by Crippen LogP contribution is -2.46. The molecule has 0 saturated heterocycles. The summed E-state index contributed by atoms with van der Waals surface area (Å²) in [6.07, 6.45) is 9.10. The van der Waals surface area contributed by atoms with Crippen molar-refractivity contribution in [3.05, 3.63) is 0 Å². The lowest BCUT2D eigenvalue weighted by atomic mass is 9.48. The Kier molecular flexibility index (Phi) is 4.49. The van der Waals surface area contributed by atoms with E-state index < -0.39 is 0 Å². The van der Waals surface area contributed by atoms with Crippen molar-refractivity contribution in [1.82, 2.24) is 0 Å². The topological polar surface area (TPSA) is 0 Å². The molecule has 3 aliphatic rings. The van der Waals surface area contributed by atoms with E-state index in [9.17, 15) is 0 Å². The number of hydrogen-bond acceptors (Lipinski definition) is 0. The van der Waals surface area contributed by atoms with Crippen LogP contribution in [0.5, 0.6) is 0 Å². The second-order valence-electron chi connectivity index (χ2n) is 6.53. The molecule has 0 heteroatoms. The van der Waals surface area contributed by atoms with Crippen LogP contribution in [0.4, 0.5) is 0 Å². The molecule has 0 amide bonds. The highest BCUT2D eigenvalue weighted by Gasteiger charge is 2.50. The van der Waals surface area contributed by atoms with Gasteiger partial charge in [-0.25, -0.2) is 0 Å². The summed E-state index contributed by atoms with van der Waals surface area (Å²) >= 11 is 0.